The van der Waals surface area contributed by atoms with E-state index in [4.69, 9.17) is 10.5 Å². The Morgan fingerprint density at radius 3 is 3.10 bits per heavy atom. The fourth-order valence-electron chi connectivity index (χ4n) is 2.62. The number of ether oxygens (including phenoxy) is 1. The maximum atomic E-state index is 5.98. The first-order valence-electron chi connectivity index (χ1n) is 6.89. The average molecular weight is 301 g/mol. The van der Waals surface area contributed by atoms with Crippen LogP contribution < -0.4 is 5.73 Å². The van der Waals surface area contributed by atoms with Gasteiger partial charge in [0.25, 0.3) is 0 Å². The summed E-state index contributed by atoms with van der Waals surface area (Å²) in [4.78, 5) is 0.814. The zero-order valence-corrected chi connectivity index (χ0v) is 12.4. The summed E-state index contributed by atoms with van der Waals surface area (Å²) in [6.45, 7) is 3.49. The van der Waals surface area contributed by atoms with E-state index in [1.165, 1.54) is 11.3 Å². The lowest BCUT2D eigenvalue weighted by atomic mass is 10.1. The highest BCUT2D eigenvalue weighted by Gasteiger charge is 2.25. The zero-order chi connectivity index (χ0) is 14.4. The summed E-state index contributed by atoms with van der Waals surface area (Å²) in [5, 5.41) is 14.1. The molecule has 4 rings (SSSR count). The molecule has 1 aliphatic rings. The molecule has 1 atom stereocenters. The molecule has 1 saturated heterocycles. The van der Waals surface area contributed by atoms with Gasteiger partial charge in [-0.1, -0.05) is 23.5 Å². The molecule has 3 heterocycles. The van der Waals surface area contributed by atoms with E-state index in [0.717, 1.165) is 45.6 Å². The Bertz CT molecular complexity index is 803. The van der Waals surface area contributed by atoms with Gasteiger partial charge in [-0.3, -0.25) is 0 Å². The Balaban J connectivity index is 1.82. The molecule has 1 aromatic carbocycles. The molecule has 2 N–H and O–H groups in total. The van der Waals surface area contributed by atoms with Gasteiger partial charge in [-0.15, -0.1) is 10.2 Å². The van der Waals surface area contributed by atoms with Gasteiger partial charge in [0, 0.05) is 23.8 Å². The largest absolute Gasteiger partial charge is 0.398 e. The van der Waals surface area contributed by atoms with Gasteiger partial charge in [-0.05, 0) is 25.0 Å². The topological polar surface area (TPSA) is 78.3 Å². The summed E-state index contributed by atoms with van der Waals surface area (Å²) in [7, 11) is 0. The molecule has 3 aromatic rings. The van der Waals surface area contributed by atoms with E-state index in [0.29, 0.717) is 6.61 Å². The number of benzene rings is 1. The van der Waals surface area contributed by atoms with E-state index < -0.39 is 0 Å². The molecule has 1 fully saturated rings. The van der Waals surface area contributed by atoms with Crippen molar-refractivity contribution in [2.24, 2.45) is 0 Å². The molecule has 0 saturated carbocycles. The van der Waals surface area contributed by atoms with Crippen LogP contribution >= 0.6 is 11.3 Å². The van der Waals surface area contributed by atoms with Crippen molar-refractivity contribution in [2.45, 2.75) is 19.3 Å². The van der Waals surface area contributed by atoms with Crippen LogP contribution in [0.2, 0.25) is 0 Å². The Kier molecular flexibility index (Phi) is 2.90. The van der Waals surface area contributed by atoms with Crippen molar-refractivity contribution in [1.82, 2.24) is 19.8 Å². The number of rotatable bonds is 2. The summed E-state index contributed by atoms with van der Waals surface area (Å²) in [5.74, 6) is 1.18. The van der Waals surface area contributed by atoms with Crippen LogP contribution in [0.25, 0.3) is 15.5 Å². The van der Waals surface area contributed by atoms with E-state index in [1.54, 1.807) is 0 Å². The third-order valence-corrected chi connectivity index (χ3v) is 4.85. The van der Waals surface area contributed by atoms with Crippen LogP contribution in [0.3, 0.4) is 0 Å². The molecule has 0 bridgehead atoms. The van der Waals surface area contributed by atoms with Gasteiger partial charge in [0.05, 0.1) is 6.61 Å². The molecule has 1 unspecified atom stereocenters. The highest BCUT2D eigenvalue weighted by molar-refractivity contribution is 7.19. The second-order valence-electron chi connectivity index (χ2n) is 5.24. The monoisotopic (exact) mass is 301 g/mol. The van der Waals surface area contributed by atoms with Crippen molar-refractivity contribution >= 4 is 22.0 Å². The summed E-state index contributed by atoms with van der Waals surface area (Å²) in [5.41, 5.74) is 8.87. The predicted molar refractivity (Wildman–Crippen MR) is 81.4 cm³/mol. The maximum absolute atomic E-state index is 5.98. The first-order chi connectivity index (χ1) is 10.2. The number of hydrogen-bond donors (Lipinski definition) is 1. The van der Waals surface area contributed by atoms with Crippen LogP contribution in [-0.2, 0) is 4.74 Å². The first kappa shape index (κ1) is 12.7. The minimum Gasteiger partial charge on any atom is -0.398 e. The van der Waals surface area contributed by atoms with Crippen LogP contribution in [0.5, 0.6) is 0 Å². The van der Waals surface area contributed by atoms with Crippen LogP contribution in [0, 0.1) is 6.92 Å². The Labute approximate surface area is 125 Å². The molecule has 0 aliphatic carbocycles. The second-order valence-corrected chi connectivity index (χ2v) is 6.20. The van der Waals surface area contributed by atoms with Crippen molar-refractivity contribution in [3.63, 3.8) is 0 Å². The quantitative estimate of drug-likeness (QED) is 0.734. The molecule has 108 valence electrons. The van der Waals surface area contributed by atoms with Crippen LogP contribution in [0.4, 0.5) is 5.69 Å². The third-order valence-electron chi connectivity index (χ3n) is 3.92. The highest BCUT2D eigenvalue weighted by Crippen LogP contribution is 2.32. The number of fused-ring (bicyclic) bond motifs is 1. The number of nitrogens with two attached hydrogens (primary N) is 1. The summed E-state index contributed by atoms with van der Waals surface area (Å²) >= 11 is 1.53. The van der Waals surface area contributed by atoms with Gasteiger partial charge < -0.3 is 10.5 Å². The average Bonchev–Trinajstić information content (AvgIpc) is 3.16. The predicted octanol–water partition coefficient (Wildman–Crippen LogP) is 2.25. The normalized spacial score (nSPS) is 18.6. The van der Waals surface area contributed by atoms with Crippen LogP contribution in [0.1, 0.15) is 23.7 Å². The summed E-state index contributed by atoms with van der Waals surface area (Å²) in [6.07, 6.45) is 0.977. The Morgan fingerprint density at radius 2 is 2.29 bits per heavy atom. The lowest BCUT2D eigenvalue weighted by Crippen LogP contribution is -2.04. The second kappa shape index (κ2) is 4.78. The van der Waals surface area contributed by atoms with E-state index in [-0.39, 0.29) is 5.92 Å². The summed E-state index contributed by atoms with van der Waals surface area (Å²) in [6, 6.07) is 5.89. The fraction of sp³-hybridized carbons (Fsp3) is 0.357. The number of nitrogens with zero attached hydrogens (tertiary/aromatic N) is 4. The number of aromatic nitrogens is 4. The fourth-order valence-corrected chi connectivity index (χ4v) is 3.55. The summed E-state index contributed by atoms with van der Waals surface area (Å²) < 4.78 is 7.28. The number of anilines is 1. The van der Waals surface area contributed by atoms with E-state index in [2.05, 4.69) is 15.3 Å². The molecule has 7 heteroatoms. The molecule has 6 nitrogen and oxygen atoms in total. The minimum absolute atomic E-state index is 0.289. The Morgan fingerprint density at radius 1 is 1.38 bits per heavy atom. The van der Waals surface area contributed by atoms with E-state index in [9.17, 15) is 0 Å². The third kappa shape index (κ3) is 2.00. The van der Waals surface area contributed by atoms with Crippen LogP contribution in [-0.4, -0.2) is 33.0 Å². The van der Waals surface area contributed by atoms with Crippen LogP contribution in [0.15, 0.2) is 18.2 Å². The van der Waals surface area contributed by atoms with Gasteiger partial charge in [0.15, 0.2) is 5.82 Å². The SMILES string of the molecule is Cc1c(N)cccc1-c1nn2c(C3CCOC3)nnc2s1. The van der Waals surface area contributed by atoms with Crippen molar-refractivity contribution in [1.29, 1.82) is 0 Å². The van der Waals surface area contributed by atoms with Crippen molar-refractivity contribution in [2.75, 3.05) is 18.9 Å². The van der Waals surface area contributed by atoms with Gasteiger partial charge in [-0.2, -0.15) is 9.61 Å². The lowest BCUT2D eigenvalue weighted by Gasteiger charge is -2.05. The standard InChI is InChI=1S/C14H15N5OS/c1-8-10(3-2-4-11(8)15)13-18-19-12(9-5-6-20-7-9)16-17-14(19)21-13/h2-4,9H,5-7,15H2,1H3. The van der Waals surface area contributed by atoms with Gasteiger partial charge in [0.1, 0.15) is 5.01 Å². The van der Waals surface area contributed by atoms with Crippen molar-refractivity contribution in [3.8, 4) is 10.6 Å². The number of nitrogen functional groups attached to an aromatic ring is 1. The molecule has 1 aliphatic heterocycles. The maximum Gasteiger partial charge on any atom is 0.234 e. The zero-order valence-electron chi connectivity index (χ0n) is 11.6. The molecule has 2 aromatic heterocycles. The van der Waals surface area contributed by atoms with Crippen molar-refractivity contribution < 1.29 is 4.74 Å². The molecule has 0 amide bonds. The van der Waals surface area contributed by atoms with Gasteiger partial charge >= 0.3 is 0 Å². The van der Waals surface area contributed by atoms with E-state index >= 15 is 0 Å². The first-order valence-corrected chi connectivity index (χ1v) is 7.71. The molecular formula is C14H15N5OS. The molecule has 21 heavy (non-hydrogen) atoms. The highest BCUT2D eigenvalue weighted by atomic mass is 32.1. The Hall–Kier alpha value is -1.99. The minimum atomic E-state index is 0.289. The number of hydrogen-bond acceptors (Lipinski definition) is 6. The smallest absolute Gasteiger partial charge is 0.234 e. The molecule has 0 radical (unpaired) electrons. The lowest BCUT2D eigenvalue weighted by molar-refractivity contribution is 0.193. The van der Waals surface area contributed by atoms with Crippen molar-refractivity contribution in [3.05, 3.63) is 29.6 Å². The van der Waals surface area contributed by atoms with Gasteiger partial charge in [-0.25, -0.2) is 0 Å². The van der Waals surface area contributed by atoms with Gasteiger partial charge in [0.2, 0.25) is 4.96 Å². The molecule has 0 spiro atoms. The molecular weight excluding hydrogens is 286 g/mol. The van der Waals surface area contributed by atoms with E-state index in [1.807, 2.05) is 29.6 Å².